The van der Waals surface area contributed by atoms with Gasteiger partial charge in [0.25, 0.3) is 0 Å². The highest BCUT2D eigenvalue weighted by Crippen LogP contribution is 1.99. The molecule has 0 saturated heterocycles. The molecule has 2 aromatic heterocycles. The molecule has 2 rings (SSSR count). The zero-order valence-corrected chi connectivity index (χ0v) is 8.61. The summed E-state index contributed by atoms with van der Waals surface area (Å²) in [5, 5.41) is 23.7. The average Bonchev–Trinajstić information content (AvgIpc) is 2.77. The summed E-state index contributed by atoms with van der Waals surface area (Å²) < 4.78 is 3.29. The molecule has 0 unspecified atom stereocenters. The first-order valence-electron chi connectivity index (χ1n) is 4.59. The standard InChI is InChI=1S/C8H10N6O2/c1-13-5-9-11-7(13)4-14-3-6(10-12-14)2-8(15)16/h3,5H,2,4H2,1H3,(H,15,16). The SMILES string of the molecule is Cn1cnnc1Cn1cc(CC(=O)O)nn1. The molecule has 0 aliphatic rings. The Kier molecular flexibility index (Phi) is 2.63. The number of aliphatic carboxylic acids is 1. The molecule has 8 heteroatoms. The monoisotopic (exact) mass is 222 g/mol. The van der Waals surface area contributed by atoms with Crippen molar-refractivity contribution < 1.29 is 9.90 Å². The van der Waals surface area contributed by atoms with Crippen LogP contribution < -0.4 is 0 Å². The molecule has 16 heavy (non-hydrogen) atoms. The van der Waals surface area contributed by atoms with E-state index in [-0.39, 0.29) is 6.42 Å². The summed E-state index contributed by atoms with van der Waals surface area (Å²) in [5.74, 6) is -0.197. The lowest BCUT2D eigenvalue weighted by atomic mass is 10.3. The maximum Gasteiger partial charge on any atom is 0.309 e. The molecule has 8 nitrogen and oxygen atoms in total. The number of rotatable bonds is 4. The minimum Gasteiger partial charge on any atom is -0.481 e. The Balaban J connectivity index is 2.08. The fourth-order valence-electron chi connectivity index (χ4n) is 1.25. The van der Waals surface area contributed by atoms with Gasteiger partial charge in [0.15, 0.2) is 5.82 Å². The van der Waals surface area contributed by atoms with Crippen LogP contribution in [0.15, 0.2) is 12.5 Å². The molecule has 0 radical (unpaired) electrons. The summed E-state index contributed by atoms with van der Waals surface area (Å²) in [7, 11) is 1.82. The average molecular weight is 222 g/mol. The zero-order valence-electron chi connectivity index (χ0n) is 8.61. The quantitative estimate of drug-likeness (QED) is 0.718. The number of hydrogen-bond acceptors (Lipinski definition) is 5. The molecule has 2 heterocycles. The smallest absolute Gasteiger partial charge is 0.309 e. The largest absolute Gasteiger partial charge is 0.481 e. The Morgan fingerprint density at radius 3 is 2.94 bits per heavy atom. The van der Waals surface area contributed by atoms with Crippen LogP contribution in [0.25, 0.3) is 0 Å². The van der Waals surface area contributed by atoms with E-state index in [0.29, 0.717) is 12.2 Å². The topological polar surface area (TPSA) is 98.7 Å². The molecule has 0 fully saturated rings. The van der Waals surface area contributed by atoms with Crippen molar-refractivity contribution in [3.05, 3.63) is 24.0 Å². The van der Waals surface area contributed by atoms with Crippen LogP contribution in [0, 0.1) is 0 Å². The number of hydrogen-bond donors (Lipinski definition) is 1. The van der Waals surface area contributed by atoms with E-state index < -0.39 is 5.97 Å². The van der Waals surface area contributed by atoms with Gasteiger partial charge in [-0.1, -0.05) is 5.21 Å². The maximum absolute atomic E-state index is 10.4. The second kappa shape index (κ2) is 4.09. The highest BCUT2D eigenvalue weighted by molar-refractivity contribution is 5.69. The van der Waals surface area contributed by atoms with Gasteiger partial charge in [-0.25, -0.2) is 4.68 Å². The van der Waals surface area contributed by atoms with Crippen LogP contribution >= 0.6 is 0 Å². The Morgan fingerprint density at radius 2 is 2.31 bits per heavy atom. The van der Waals surface area contributed by atoms with Gasteiger partial charge in [0.2, 0.25) is 0 Å². The number of carboxylic acid groups (broad SMARTS) is 1. The summed E-state index contributed by atoms with van der Waals surface area (Å²) in [4.78, 5) is 10.4. The Hall–Kier alpha value is -2.25. The minimum atomic E-state index is -0.925. The first-order valence-corrected chi connectivity index (χ1v) is 4.59. The van der Waals surface area contributed by atoms with Crippen LogP contribution in [-0.2, 0) is 24.8 Å². The Bertz CT molecular complexity index is 502. The Morgan fingerprint density at radius 1 is 1.50 bits per heavy atom. The van der Waals surface area contributed by atoms with Gasteiger partial charge in [-0.3, -0.25) is 4.79 Å². The van der Waals surface area contributed by atoms with E-state index in [1.165, 1.54) is 4.68 Å². The first kappa shape index (κ1) is 10.3. The van der Waals surface area contributed by atoms with E-state index in [1.54, 1.807) is 17.1 Å². The van der Waals surface area contributed by atoms with Gasteiger partial charge in [-0.15, -0.1) is 15.3 Å². The fourth-order valence-corrected chi connectivity index (χ4v) is 1.25. The molecular weight excluding hydrogens is 212 g/mol. The van der Waals surface area contributed by atoms with Crippen LogP contribution in [0.2, 0.25) is 0 Å². The molecule has 0 aliphatic heterocycles. The van der Waals surface area contributed by atoms with Crippen molar-refractivity contribution in [2.45, 2.75) is 13.0 Å². The van der Waals surface area contributed by atoms with E-state index >= 15 is 0 Å². The van der Waals surface area contributed by atoms with Crippen LogP contribution in [0.4, 0.5) is 0 Å². The lowest BCUT2D eigenvalue weighted by Crippen LogP contribution is -2.06. The molecule has 0 spiro atoms. The molecule has 0 bridgehead atoms. The molecule has 0 atom stereocenters. The molecule has 1 N–H and O–H groups in total. The summed E-state index contributed by atoms with van der Waals surface area (Å²) in [6, 6.07) is 0. The minimum absolute atomic E-state index is 0.126. The van der Waals surface area contributed by atoms with Crippen LogP contribution in [0.1, 0.15) is 11.5 Å². The van der Waals surface area contributed by atoms with Crippen molar-refractivity contribution in [2.24, 2.45) is 7.05 Å². The van der Waals surface area contributed by atoms with Crippen molar-refractivity contribution in [3.8, 4) is 0 Å². The van der Waals surface area contributed by atoms with Gasteiger partial charge >= 0.3 is 5.97 Å². The highest BCUT2D eigenvalue weighted by Gasteiger charge is 2.07. The van der Waals surface area contributed by atoms with E-state index in [1.807, 2.05) is 7.05 Å². The number of aryl methyl sites for hydroxylation is 1. The predicted octanol–water partition coefficient (Wildman–Crippen LogP) is -0.918. The van der Waals surface area contributed by atoms with Crippen LogP contribution in [0.3, 0.4) is 0 Å². The summed E-state index contributed by atoms with van der Waals surface area (Å²) in [6.45, 7) is 0.420. The van der Waals surface area contributed by atoms with Gasteiger partial charge in [0.05, 0.1) is 12.1 Å². The van der Waals surface area contributed by atoms with E-state index in [4.69, 9.17) is 5.11 Å². The highest BCUT2D eigenvalue weighted by atomic mass is 16.4. The molecule has 0 aliphatic carbocycles. The van der Waals surface area contributed by atoms with E-state index in [0.717, 1.165) is 5.82 Å². The molecule has 0 amide bonds. The third-order valence-corrected chi connectivity index (χ3v) is 2.03. The zero-order chi connectivity index (χ0) is 11.5. The number of aromatic nitrogens is 6. The van der Waals surface area contributed by atoms with Crippen LogP contribution in [0.5, 0.6) is 0 Å². The van der Waals surface area contributed by atoms with Crippen LogP contribution in [-0.4, -0.2) is 40.8 Å². The summed E-state index contributed by atoms with van der Waals surface area (Å²) >= 11 is 0. The van der Waals surface area contributed by atoms with Crippen molar-refractivity contribution in [1.82, 2.24) is 29.8 Å². The predicted molar refractivity (Wildman–Crippen MR) is 51.5 cm³/mol. The molecule has 2 aromatic rings. The maximum atomic E-state index is 10.4. The van der Waals surface area contributed by atoms with Gasteiger partial charge in [-0.05, 0) is 0 Å². The third-order valence-electron chi connectivity index (χ3n) is 2.03. The van der Waals surface area contributed by atoms with Gasteiger partial charge in [-0.2, -0.15) is 0 Å². The second-order valence-corrected chi connectivity index (χ2v) is 3.34. The lowest BCUT2D eigenvalue weighted by molar-refractivity contribution is -0.136. The van der Waals surface area contributed by atoms with Gasteiger partial charge in [0, 0.05) is 13.2 Å². The fraction of sp³-hybridized carbons (Fsp3) is 0.375. The summed E-state index contributed by atoms with van der Waals surface area (Å²) in [5.41, 5.74) is 0.426. The van der Waals surface area contributed by atoms with Crippen molar-refractivity contribution in [3.63, 3.8) is 0 Å². The van der Waals surface area contributed by atoms with E-state index in [9.17, 15) is 4.79 Å². The van der Waals surface area contributed by atoms with Crippen molar-refractivity contribution in [2.75, 3.05) is 0 Å². The summed E-state index contributed by atoms with van der Waals surface area (Å²) in [6.07, 6.45) is 3.05. The normalized spacial score (nSPS) is 10.6. The molecule has 0 saturated carbocycles. The number of carbonyl (C=O) groups is 1. The van der Waals surface area contributed by atoms with Crippen molar-refractivity contribution >= 4 is 5.97 Å². The van der Waals surface area contributed by atoms with E-state index in [2.05, 4.69) is 20.5 Å². The number of nitrogens with zero attached hydrogens (tertiary/aromatic N) is 6. The molecule has 0 aromatic carbocycles. The second-order valence-electron chi connectivity index (χ2n) is 3.34. The lowest BCUT2D eigenvalue weighted by Gasteiger charge is -1.98. The third kappa shape index (κ3) is 2.22. The van der Waals surface area contributed by atoms with Crippen molar-refractivity contribution in [1.29, 1.82) is 0 Å². The molecular formula is C8H10N6O2. The van der Waals surface area contributed by atoms with Gasteiger partial charge < -0.3 is 9.67 Å². The molecule has 84 valence electrons. The first-order chi connectivity index (χ1) is 7.65. The Labute approximate surface area is 90.5 Å². The van der Waals surface area contributed by atoms with Gasteiger partial charge in [0.1, 0.15) is 12.9 Å². The number of carboxylic acids is 1.